The van der Waals surface area contributed by atoms with Crippen LogP contribution in [-0.4, -0.2) is 40.4 Å². The number of aryl methyl sites for hydroxylation is 3. The first-order valence-electron chi connectivity index (χ1n) is 16.5. The number of nitriles is 2. The van der Waals surface area contributed by atoms with Crippen molar-refractivity contribution in [1.82, 2.24) is 28.7 Å². The van der Waals surface area contributed by atoms with Crippen LogP contribution >= 0.6 is 0 Å². The van der Waals surface area contributed by atoms with Crippen LogP contribution in [0.5, 0.6) is 0 Å². The monoisotopic (exact) mass is 654 g/mol. The van der Waals surface area contributed by atoms with E-state index in [-0.39, 0.29) is 11.4 Å². The number of rotatable bonds is 7. The minimum atomic E-state index is -0.201. The third-order valence-corrected chi connectivity index (χ3v) is 9.06. The van der Waals surface area contributed by atoms with Crippen LogP contribution < -0.4 is 11.4 Å². The van der Waals surface area contributed by atoms with Gasteiger partial charge in [0, 0.05) is 38.4 Å². The van der Waals surface area contributed by atoms with Crippen molar-refractivity contribution in [3.63, 3.8) is 0 Å². The average molecular weight is 655 g/mol. The Balaban J connectivity index is 0.000000148. The molecule has 2 aliphatic carbocycles. The third-order valence-electron chi connectivity index (χ3n) is 9.06. The maximum absolute atomic E-state index is 12.5. The van der Waals surface area contributed by atoms with Crippen LogP contribution in [0.25, 0.3) is 44.8 Å². The van der Waals surface area contributed by atoms with Gasteiger partial charge < -0.3 is 10.1 Å². The van der Waals surface area contributed by atoms with Crippen LogP contribution in [0.1, 0.15) is 49.7 Å². The zero-order valence-electron chi connectivity index (χ0n) is 27.6. The molecule has 8 rings (SSSR count). The number of hydrogen-bond acceptors (Lipinski definition) is 7. The van der Waals surface area contributed by atoms with E-state index in [0.29, 0.717) is 40.2 Å². The zero-order chi connectivity index (χ0) is 34.5. The molecule has 0 atom stereocenters. The number of nitrogens with zero attached hydrogens (tertiary/aromatic N) is 7. The second-order valence-electron chi connectivity index (χ2n) is 12.6. The molecule has 2 fully saturated rings. The Morgan fingerprint density at radius 1 is 0.755 bits per heavy atom. The van der Waals surface area contributed by atoms with E-state index >= 15 is 0 Å². The van der Waals surface area contributed by atoms with Crippen LogP contribution in [0.15, 0.2) is 82.4 Å². The molecule has 0 amide bonds. The van der Waals surface area contributed by atoms with E-state index in [2.05, 4.69) is 27.1 Å². The molecule has 0 radical (unpaired) electrons. The fraction of sp³-hybridized carbons (Fsp3) is 0.316. The van der Waals surface area contributed by atoms with Gasteiger partial charge in [0.25, 0.3) is 0 Å². The highest BCUT2D eigenvalue weighted by Gasteiger charge is 2.22. The summed E-state index contributed by atoms with van der Waals surface area (Å²) in [5.74, 6) is 1.68. The predicted molar refractivity (Wildman–Crippen MR) is 188 cm³/mol. The van der Waals surface area contributed by atoms with Crippen LogP contribution in [0, 0.1) is 34.5 Å². The Morgan fingerprint density at radius 2 is 1.31 bits per heavy atom. The number of imidazole rings is 2. The molecule has 0 unspecified atom stereocenters. The van der Waals surface area contributed by atoms with Gasteiger partial charge in [-0.05, 0) is 61.1 Å². The molecule has 11 heteroatoms. The largest absolute Gasteiger partial charge is 0.396 e. The van der Waals surface area contributed by atoms with Gasteiger partial charge in [0.05, 0.1) is 45.7 Å². The van der Waals surface area contributed by atoms with Gasteiger partial charge >= 0.3 is 11.4 Å². The quantitative estimate of drug-likeness (QED) is 0.225. The first kappa shape index (κ1) is 33.1. The summed E-state index contributed by atoms with van der Waals surface area (Å²) in [4.78, 5) is 35.9. The average Bonchev–Trinajstić information content (AvgIpc) is 4.08. The van der Waals surface area contributed by atoms with Gasteiger partial charge in [-0.2, -0.15) is 10.5 Å². The molecule has 2 aromatic carbocycles. The minimum Gasteiger partial charge on any atom is -0.396 e. The Kier molecular flexibility index (Phi) is 9.84. The fourth-order valence-electron chi connectivity index (χ4n) is 5.80. The number of benzene rings is 2. The van der Waals surface area contributed by atoms with Gasteiger partial charge in [-0.25, -0.2) is 19.6 Å². The van der Waals surface area contributed by atoms with Crippen LogP contribution in [0.3, 0.4) is 0 Å². The molecule has 4 heterocycles. The van der Waals surface area contributed by atoms with Gasteiger partial charge in [-0.15, -0.1) is 0 Å². The lowest BCUT2D eigenvalue weighted by Crippen LogP contribution is -2.22. The standard InChI is InChI=1S/C19H18N4O.C14H10N4O.C5H10O/c1-22-18-17(23(19(22)24)11-10-13-6-7-13)9-8-16(21-18)15-5-3-2-4-14(15)12-20;1-18-13-12(17-14(18)19)7-6-11(16-13)10-5-3-2-4-9(10)8-15;6-4-3-5-1-2-5/h2-5,8-9,13H,6-7,10-11H2,1H3;2-7H,1H3,(H,17,19);5-6H,1-4H2. The van der Waals surface area contributed by atoms with E-state index in [4.69, 9.17) is 10.4 Å². The number of nitrogens with one attached hydrogen (secondary N) is 1. The maximum atomic E-state index is 12.5. The van der Waals surface area contributed by atoms with Crippen molar-refractivity contribution < 1.29 is 5.11 Å². The number of fused-ring (bicyclic) bond motifs is 2. The van der Waals surface area contributed by atoms with Crippen molar-refractivity contribution in [2.24, 2.45) is 25.9 Å². The molecule has 2 saturated carbocycles. The van der Waals surface area contributed by atoms with Gasteiger partial charge in [-0.3, -0.25) is 13.7 Å². The molecule has 0 spiro atoms. The summed E-state index contributed by atoms with van der Waals surface area (Å²) in [5, 5.41) is 26.7. The number of hydrogen-bond donors (Lipinski definition) is 2. The maximum Gasteiger partial charge on any atom is 0.330 e. The molecule has 6 aromatic rings. The van der Waals surface area contributed by atoms with Crippen molar-refractivity contribution in [2.75, 3.05) is 6.61 Å². The van der Waals surface area contributed by atoms with E-state index in [9.17, 15) is 14.9 Å². The lowest BCUT2D eigenvalue weighted by Gasteiger charge is -2.05. The predicted octanol–water partition coefficient (Wildman–Crippen LogP) is 5.65. The molecule has 2 aliphatic rings. The first-order chi connectivity index (χ1) is 23.8. The third kappa shape index (κ3) is 7.38. The molecule has 11 nitrogen and oxygen atoms in total. The van der Waals surface area contributed by atoms with Gasteiger partial charge in [-0.1, -0.05) is 62.1 Å². The molecule has 2 N–H and O–H groups in total. The number of aliphatic hydroxyl groups excluding tert-OH is 1. The van der Waals surface area contributed by atoms with Gasteiger partial charge in [0.1, 0.15) is 0 Å². The fourth-order valence-corrected chi connectivity index (χ4v) is 5.80. The smallest absolute Gasteiger partial charge is 0.330 e. The van der Waals surface area contributed by atoms with E-state index in [1.165, 1.54) is 30.3 Å². The summed E-state index contributed by atoms with van der Waals surface area (Å²) in [6.45, 7) is 1.14. The molecule has 248 valence electrons. The number of H-pyrrole nitrogens is 1. The van der Waals surface area contributed by atoms with Gasteiger partial charge in [0.2, 0.25) is 0 Å². The summed E-state index contributed by atoms with van der Waals surface area (Å²) < 4.78 is 4.87. The molecule has 49 heavy (non-hydrogen) atoms. The summed E-state index contributed by atoms with van der Waals surface area (Å²) in [6, 6.07) is 26.4. The summed E-state index contributed by atoms with van der Waals surface area (Å²) >= 11 is 0. The number of pyridine rings is 2. The molecular formula is C38H38N8O3. The van der Waals surface area contributed by atoms with E-state index in [1.807, 2.05) is 53.1 Å². The van der Waals surface area contributed by atoms with Gasteiger partial charge in [0.15, 0.2) is 11.3 Å². The molecule has 0 aliphatic heterocycles. The SMILES string of the molecule is Cn1c(=O)[nH]c2ccc(-c3ccccc3C#N)nc21.Cn1c(=O)n(CCC2CC2)c2ccc(-c3ccccc3C#N)nc21.OCCC1CC1. The second-order valence-corrected chi connectivity index (χ2v) is 12.6. The highest BCUT2D eigenvalue weighted by Crippen LogP contribution is 2.33. The van der Waals surface area contributed by atoms with Crippen LogP contribution in [0.4, 0.5) is 0 Å². The van der Waals surface area contributed by atoms with Crippen molar-refractivity contribution in [3.8, 4) is 34.7 Å². The summed E-state index contributed by atoms with van der Waals surface area (Å²) in [7, 11) is 3.42. The Bertz CT molecular complexity index is 2320. The Morgan fingerprint density at radius 3 is 1.86 bits per heavy atom. The highest BCUT2D eigenvalue weighted by atomic mass is 16.3. The van der Waals surface area contributed by atoms with Crippen LogP contribution in [0.2, 0.25) is 0 Å². The van der Waals surface area contributed by atoms with E-state index < -0.39 is 0 Å². The van der Waals surface area contributed by atoms with Crippen molar-refractivity contribution in [2.45, 2.75) is 45.1 Å². The Hall–Kier alpha value is -5.78. The number of aliphatic hydroxyl groups is 1. The summed E-state index contributed by atoms with van der Waals surface area (Å²) in [5.41, 5.74) is 6.67. The summed E-state index contributed by atoms with van der Waals surface area (Å²) in [6.07, 6.45) is 7.39. The normalized spacial score (nSPS) is 13.6. The molecular weight excluding hydrogens is 616 g/mol. The van der Waals surface area contributed by atoms with Crippen molar-refractivity contribution >= 4 is 22.3 Å². The second kappa shape index (κ2) is 14.5. The number of aromatic amines is 1. The molecule has 4 aromatic heterocycles. The molecule has 0 bridgehead atoms. The lowest BCUT2D eigenvalue weighted by atomic mass is 10.1. The van der Waals surface area contributed by atoms with Crippen molar-refractivity contribution in [3.05, 3.63) is 105 Å². The Labute approximate surface area is 283 Å². The van der Waals surface area contributed by atoms with Crippen molar-refractivity contribution in [1.29, 1.82) is 10.5 Å². The topological polar surface area (TPSA) is 158 Å². The van der Waals surface area contributed by atoms with Crippen LogP contribution in [-0.2, 0) is 20.6 Å². The molecule has 0 saturated heterocycles. The zero-order valence-corrected chi connectivity index (χ0v) is 27.6. The van der Waals surface area contributed by atoms with E-state index in [0.717, 1.165) is 53.6 Å². The lowest BCUT2D eigenvalue weighted by molar-refractivity contribution is 0.280. The first-order valence-corrected chi connectivity index (χ1v) is 16.5. The minimum absolute atomic E-state index is 0.0242. The number of aromatic nitrogens is 6. The highest BCUT2D eigenvalue weighted by molar-refractivity contribution is 5.78. The van der Waals surface area contributed by atoms with E-state index in [1.54, 1.807) is 42.9 Å².